The van der Waals surface area contributed by atoms with Gasteiger partial charge in [-0.1, -0.05) is 19.3 Å². The fraction of sp³-hybridized carbons (Fsp3) is 0.692. The highest BCUT2D eigenvalue weighted by Crippen LogP contribution is 2.36. The number of thiophene rings is 1. The molecule has 1 aromatic rings. The van der Waals surface area contributed by atoms with Crippen LogP contribution in [-0.4, -0.2) is 7.05 Å². The van der Waals surface area contributed by atoms with Crippen molar-refractivity contribution in [2.45, 2.75) is 45.6 Å². The summed E-state index contributed by atoms with van der Waals surface area (Å²) in [6.07, 6.45) is 5.66. The zero-order chi connectivity index (χ0) is 10.8. The maximum Gasteiger partial charge on any atom is 0.0331 e. The van der Waals surface area contributed by atoms with Gasteiger partial charge in [-0.15, -0.1) is 11.3 Å². The second-order valence-corrected chi connectivity index (χ2v) is 6.20. The quantitative estimate of drug-likeness (QED) is 0.818. The lowest BCUT2D eigenvalue weighted by Gasteiger charge is -2.29. The van der Waals surface area contributed by atoms with E-state index in [1.54, 1.807) is 0 Å². The Morgan fingerprint density at radius 1 is 1.47 bits per heavy atom. The van der Waals surface area contributed by atoms with Gasteiger partial charge in [-0.2, -0.15) is 0 Å². The van der Waals surface area contributed by atoms with E-state index < -0.39 is 0 Å². The molecule has 1 unspecified atom stereocenters. The van der Waals surface area contributed by atoms with Crippen LogP contribution in [0.4, 0.5) is 0 Å². The molecule has 1 saturated carbocycles. The van der Waals surface area contributed by atoms with Crippen LogP contribution >= 0.6 is 11.3 Å². The molecule has 0 bridgehead atoms. The van der Waals surface area contributed by atoms with Crippen LogP contribution in [0.1, 0.15) is 47.0 Å². The van der Waals surface area contributed by atoms with E-state index in [0.717, 1.165) is 5.92 Å². The fourth-order valence-corrected chi connectivity index (χ4v) is 3.45. The summed E-state index contributed by atoms with van der Waals surface area (Å²) in [5, 5.41) is 3.48. The summed E-state index contributed by atoms with van der Waals surface area (Å²) in [6.45, 7) is 4.45. The van der Waals surface area contributed by atoms with Crippen molar-refractivity contribution in [1.82, 2.24) is 5.32 Å². The number of hydrogen-bond acceptors (Lipinski definition) is 2. The molecular formula is C13H21NS. The Morgan fingerprint density at radius 3 is 2.60 bits per heavy atom. The van der Waals surface area contributed by atoms with Gasteiger partial charge < -0.3 is 5.32 Å². The zero-order valence-electron chi connectivity index (χ0n) is 9.97. The predicted molar refractivity (Wildman–Crippen MR) is 67.6 cm³/mol. The van der Waals surface area contributed by atoms with Crippen molar-refractivity contribution >= 4 is 11.3 Å². The average Bonchev–Trinajstić information content (AvgIpc) is 2.44. The molecular weight excluding hydrogens is 202 g/mol. The number of aryl methyl sites for hydroxylation is 2. The van der Waals surface area contributed by atoms with Crippen molar-refractivity contribution in [2.75, 3.05) is 7.05 Å². The van der Waals surface area contributed by atoms with Gasteiger partial charge in [0.1, 0.15) is 0 Å². The molecule has 0 spiro atoms. The Labute approximate surface area is 96.9 Å². The smallest absolute Gasteiger partial charge is 0.0331 e. The first-order valence-corrected chi connectivity index (χ1v) is 6.76. The highest BCUT2D eigenvalue weighted by molar-refractivity contribution is 7.12. The second-order valence-electron chi connectivity index (χ2n) is 4.74. The molecule has 0 saturated heterocycles. The van der Waals surface area contributed by atoms with Crippen LogP contribution in [0, 0.1) is 19.8 Å². The van der Waals surface area contributed by atoms with E-state index in [9.17, 15) is 0 Å². The Balaban J connectivity index is 2.07. The molecule has 1 aliphatic carbocycles. The molecule has 84 valence electrons. The van der Waals surface area contributed by atoms with Crippen LogP contribution in [0.3, 0.4) is 0 Å². The summed E-state index contributed by atoms with van der Waals surface area (Å²) in [5.41, 5.74) is 1.53. The first-order chi connectivity index (χ1) is 7.20. The number of hydrogen-bond donors (Lipinski definition) is 1. The Hall–Kier alpha value is -0.340. The zero-order valence-corrected chi connectivity index (χ0v) is 10.8. The van der Waals surface area contributed by atoms with Crippen molar-refractivity contribution < 1.29 is 0 Å². The van der Waals surface area contributed by atoms with Gasteiger partial charge in [-0.05, 0) is 44.9 Å². The molecule has 1 aromatic heterocycles. The van der Waals surface area contributed by atoms with Crippen LogP contribution in [-0.2, 0) is 0 Å². The van der Waals surface area contributed by atoms with Crippen molar-refractivity contribution in [3.05, 3.63) is 21.4 Å². The lowest BCUT2D eigenvalue weighted by atomic mass is 9.79. The van der Waals surface area contributed by atoms with E-state index in [-0.39, 0.29) is 0 Å². The van der Waals surface area contributed by atoms with Gasteiger partial charge in [-0.25, -0.2) is 0 Å². The fourth-order valence-electron chi connectivity index (χ4n) is 2.46. The van der Waals surface area contributed by atoms with Gasteiger partial charge in [-0.3, -0.25) is 0 Å². The minimum absolute atomic E-state index is 0.584. The van der Waals surface area contributed by atoms with Gasteiger partial charge in [0.2, 0.25) is 0 Å². The summed E-state index contributed by atoms with van der Waals surface area (Å²) in [7, 11) is 2.09. The molecule has 0 aliphatic heterocycles. The lowest BCUT2D eigenvalue weighted by molar-refractivity contribution is 0.265. The average molecular weight is 223 g/mol. The Bertz CT molecular complexity index is 325. The van der Waals surface area contributed by atoms with E-state index in [1.165, 1.54) is 41.0 Å². The van der Waals surface area contributed by atoms with Gasteiger partial charge >= 0.3 is 0 Å². The van der Waals surface area contributed by atoms with Gasteiger partial charge in [0.15, 0.2) is 0 Å². The maximum atomic E-state index is 3.48. The van der Waals surface area contributed by atoms with Gasteiger partial charge in [0.05, 0.1) is 0 Å². The standard InChI is InChI=1S/C13H21NS/c1-9-7-12(10(2)15-9)13(14-3)8-11-5-4-6-11/h7,11,13-14H,4-6,8H2,1-3H3. The van der Waals surface area contributed by atoms with Gasteiger partial charge in [0, 0.05) is 15.8 Å². The van der Waals surface area contributed by atoms with E-state index >= 15 is 0 Å². The SMILES string of the molecule is CNC(CC1CCC1)c1cc(C)sc1C. The first-order valence-electron chi connectivity index (χ1n) is 5.95. The van der Waals surface area contributed by atoms with Crippen molar-refractivity contribution in [1.29, 1.82) is 0 Å². The molecule has 0 radical (unpaired) electrons. The van der Waals surface area contributed by atoms with E-state index in [2.05, 4.69) is 32.3 Å². The van der Waals surface area contributed by atoms with E-state index in [1.807, 2.05) is 11.3 Å². The summed E-state index contributed by atoms with van der Waals surface area (Å²) >= 11 is 1.93. The normalized spacial score (nSPS) is 18.9. The molecule has 1 nitrogen and oxygen atoms in total. The second kappa shape index (κ2) is 4.67. The summed E-state index contributed by atoms with van der Waals surface area (Å²) in [4.78, 5) is 2.93. The van der Waals surface area contributed by atoms with Crippen molar-refractivity contribution in [2.24, 2.45) is 5.92 Å². The van der Waals surface area contributed by atoms with Crippen molar-refractivity contribution in [3.8, 4) is 0 Å². The van der Waals surface area contributed by atoms with E-state index in [0.29, 0.717) is 6.04 Å². The summed E-state index contributed by atoms with van der Waals surface area (Å²) in [6, 6.07) is 2.94. The lowest BCUT2D eigenvalue weighted by Crippen LogP contribution is -2.23. The first kappa shape index (κ1) is 11.2. The third kappa shape index (κ3) is 2.43. The summed E-state index contributed by atoms with van der Waals surface area (Å²) in [5.74, 6) is 0.974. The van der Waals surface area contributed by atoms with Crippen molar-refractivity contribution in [3.63, 3.8) is 0 Å². The monoisotopic (exact) mass is 223 g/mol. The Morgan fingerprint density at radius 2 is 2.20 bits per heavy atom. The van der Waals surface area contributed by atoms with Crippen LogP contribution in [0.15, 0.2) is 6.07 Å². The molecule has 1 aliphatic rings. The Kier molecular flexibility index (Phi) is 3.47. The van der Waals surface area contributed by atoms with Gasteiger partial charge in [0.25, 0.3) is 0 Å². The van der Waals surface area contributed by atoms with Crippen LogP contribution < -0.4 is 5.32 Å². The van der Waals surface area contributed by atoms with Crippen LogP contribution in [0.25, 0.3) is 0 Å². The molecule has 15 heavy (non-hydrogen) atoms. The molecule has 1 heterocycles. The third-order valence-electron chi connectivity index (χ3n) is 3.60. The number of rotatable bonds is 4. The highest BCUT2D eigenvalue weighted by atomic mass is 32.1. The molecule has 1 fully saturated rings. The largest absolute Gasteiger partial charge is 0.313 e. The maximum absolute atomic E-state index is 3.48. The molecule has 1 atom stereocenters. The molecule has 2 rings (SSSR count). The number of nitrogens with one attached hydrogen (secondary N) is 1. The van der Waals surface area contributed by atoms with E-state index in [4.69, 9.17) is 0 Å². The minimum atomic E-state index is 0.584. The predicted octanol–water partition coefficient (Wildman–Crippen LogP) is 3.82. The van der Waals surface area contributed by atoms with Crippen LogP contribution in [0.2, 0.25) is 0 Å². The summed E-state index contributed by atoms with van der Waals surface area (Å²) < 4.78 is 0. The highest BCUT2D eigenvalue weighted by Gasteiger charge is 2.23. The minimum Gasteiger partial charge on any atom is -0.313 e. The molecule has 1 N–H and O–H groups in total. The van der Waals surface area contributed by atoms with Crippen LogP contribution in [0.5, 0.6) is 0 Å². The third-order valence-corrected chi connectivity index (χ3v) is 4.58. The molecule has 2 heteroatoms. The molecule has 0 amide bonds. The molecule has 0 aromatic carbocycles. The topological polar surface area (TPSA) is 12.0 Å².